The molecule has 0 unspecified atom stereocenters. The van der Waals surface area contributed by atoms with Crippen LogP contribution < -0.4 is 0 Å². The van der Waals surface area contributed by atoms with Crippen LogP contribution in [0.25, 0.3) is 0 Å². The molecule has 0 saturated heterocycles. The first-order chi connectivity index (χ1) is 8.99. The van der Waals surface area contributed by atoms with Crippen molar-refractivity contribution in [2.24, 2.45) is 0 Å². The Bertz CT molecular complexity index is 518. The Morgan fingerprint density at radius 1 is 0.800 bits per heavy atom. The molecule has 0 aliphatic heterocycles. The van der Waals surface area contributed by atoms with Crippen LogP contribution in [0.3, 0.4) is 0 Å². The van der Waals surface area contributed by atoms with Crippen LogP contribution in [0.1, 0.15) is 0 Å². The predicted octanol–water partition coefficient (Wildman–Crippen LogP) is -1.60. The Morgan fingerprint density at radius 2 is 1.10 bits per heavy atom. The molecule has 0 aromatic carbocycles. The molecule has 116 valence electrons. The molecule has 10 nitrogen and oxygen atoms in total. The molecule has 12 heteroatoms. The van der Waals surface area contributed by atoms with Crippen LogP contribution in [0.15, 0.2) is 12.2 Å². The zero-order valence-corrected chi connectivity index (χ0v) is 11.6. The van der Waals surface area contributed by atoms with Crippen molar-refractivity contribution in [3.63, 3.8) is 0 Å². The average Bonchev–Trinajstić information content (AvgIpc) is 2.22. The maximum atomic E-state index is 10.9. The Hall–Kier alpha value is -1.50. The molecule has 0 amide bonds. The topological polar surface area (TPSA) is 161 Å². The highest BCUT2D eigenvalue weighted by atomic mass is 32.2. The van der Waals surface area contributed by atoms with E-state index in [0.29, 0.717) is 12.2 Å². The molecule has 20 heavy (non-hydrogen) atoms. The molecule has 2 N–H and O–H groups in total. The van der Waals surface area contributed by atoms with Crippen molar-refractivity contribution in [2.75, 3.05) is 24.7 Å². The summed E-state index contributed by atoms with van der Waals surface area (Å²) in [5.41, 5.74) is 0. The Labute approximate surface area is 114 Å². The van der Waals surface area contributed by atoms with Crippen LogP contribution >= 0.6 is 0 Å². The minimum atomic E-state index is -4.25. The number of carbonyl (C=O) groups excluding carboxylic acids is 2. The predicted molar refractivity (Wildman–Crippen MR) is 63.9 cm³/mol. The van der Waals surface area contributed by atoms with Crippen molar-refractivity contribution >= 4 is 32.2 Å². The fourth-order valence-electron chi connectivity index (χ4n) is 0.727. The van der Waals surface area contributed by atoms with Crippen molar-refractivity contribution in [3.05, 3.63) is 12.2 Å². The SMILES string of the molecule is O=C(/C=C\C(=O)OCCS(=O)(=O)O)OCCS(=O)(=O)O. The van der Waals surface area contributed by atoms with Crippen molar-refractivity contribution in [1.29, 1.82) is 0 Å². The van der Waals surface area contributed by atoms with Gasteiger partial charge in [0.1, 0.15) is 24.7 Å². The van der Waals surface area contributed by atoms with E-state index >= 15 is 0 Å². The van der Waals surface area contributed by atoms with Crippen LogP contribution in [-0.2, 0) is 39.3 Å². The minimum absolute atomic E-state index is 0.597. The van der Waals surface area contributed by atoms with E-state index in [1.54, 1.807) is 0 Å². The molecule has 0 atom stereocenters. The molecular formula is C8H12O10S2. The monoisotopic (exact) mass is 332 g/mol. The second-order valence-corrected chi connectivity index (χ2v) is 6.38. The van der Waals surface area contributed by atoms with E-state index in [9.17, 15) is 26.4 Å². The summed E-state index contributed by atoms with van der Waals surface area (Å²) < 4.78 is 66.4. The summed E-state index contributed by atoms with van der Waals surface area (Å²) in [5.74, 6) is -3.68. The second-order valence-electron chi connectivity index (χ2n) is 3.24. The molecule has 0 rings (SSSR count). The number of ether oxygens (including phenoxy) is 2. The molecule has 0 aliphatic rings. The standard InChI is InChI=1S/C8H12O10S2/c9-7(17-3-5-19(11,12)13)1-2-8(10)18-4-6-20(14,15)16/h1-2H,3-6H2,(H,11,12,13)(H,14,15,16)/b2-1-. The maximum Gasteiger partial charge on any atom is 0.331 e. The van der Waals surface area contributed by atoms with Gasteiger partial charge in [-0.2, -0.15) is 16.8 Å². The molecule has 0 spiro atoms. The highest BCUT2D eigenvalue weighted by Crippen LogP contribution is 1.90. The van der Waals surface area contributed by atoms with Crippen LogP contribution in [0.5, 0.6) is 0 Å². The quantitative estimate of drug-likeness (QED) is 0.301. The summed E-state index contributed by atoms with van der Waals surface area (Å²) in [6.45, 7) is -1.19. The third kappa shape index (κ3) is 12.9. The fourth-order valence-corrected chi connectivity index (χ4v) is 1.32. The largest absolute Gasteiger partial charge is 0.461 e. The van der Waals surface area contributed by atoms with Gasteiger partial charge in [0.15, 0.2) is 0 Å². The molecule has 0 saturated carbocycles. The van der Waals surface area contributed by atoms with Gasteiger partial charge in [0, 0.05) is 12.2 Å². The van der Waals surface area contributed by atoms with Crippen LogP contribution in [0.4, 0.5) is 0 Å². The van der Waals surface area contributed by atoms with Gasteiger partial charge in [0.2, 0.25) is 0 Å². The molecule has 0 aromatic heterocycles. The van der Waals surface area contributed by atoms with Gasteiger partial charge in [0.05, 0.1) is 0 Å². The molecule has 0 fully saturated rings. The maximum absolute atomic E-state index is 10.9. The van der Waals surface area contributed by atoms with E-state index in [4.69, 9.17) is 9.11 Å². The average molecular weight is 332 g/mol. The van der Waals surface area contributed by atoms with Crippen molar-refractivity contribution in [1.82, 2.24) is 0 Å². The van der Waals surface area contributed by atoms with Crippen molar-refractivity contribution < 1.29 is 45.0 Å². The van der Waals surface area contributed by atoms with E-state index in [-0.39, 0.29) is 0 Å². The van der Waals surface area contributed by atoms with Gasteiger partial charge in [-0.15, -0.1) is 0 Å². The van der Waals surface area contributed by atoms with Gasteiger partial charge < -0.3 is 9.47 Å². The molecule has 0 aromatic rings. The first-order valence-electron chi connectivity index (χ1n) is 4.91. The number of esters is 2. The lowest BCUT2D eigenvalue weighted by Crippen LogP contribution is -2.15. The summed E-state index contributed by atoms with van der Waals surface area (Å²) in [6, 6.07) is 0. The number of hydrogen-bond donors (Lipinski definition) is 2. The van der Waals surface area contributed by atoms with E-state index < -0.39 is 56.9 Å². The first-order valence-corrected chi connectivity index (χ1v) is 8.13. The van der Waals surface area contributed by atoms with E-state index in [1.165, 1.54) is 0 Å². The lowest BCUT2D eigenvalue weighted by atomic mass is 10.5. The third-order valence-corrected chi connectivity index (χ3v) is 2.89. The van der Waals surface area contributed by atoms with Crippen LogP contribution in [0, 0.1) is 0 Å². The van der Waals surface area contributed by atoms with Gasteiger partial charge >= 0.3 is 11.9 Å². The summed E-state index contributed by atoms with van der Waals surface area (Å²) in [5, 5.41) is 0. The minimum Gasteiger partial charge on any atom is -0.461 e. The molecule has 0 radical (unpaired) electrons. The second kappa shape index (κ2) is 7.94. The normalized spacial score (nSPS) is 12.3. The third-order valence-electron chi connectivity index (χ3n) is 1.53. The Balaban J connectivity index is 3.98. The number of hydrogen-bond acceptors (Lipinski definition) is 8. The molecule has 0 aliphatic carbocycles. The summed E-state index contributed by atoms with van der Waals surface area (Å²) >= 11 is 0. The summed E-state index contributed by atoms with van der Waals surface area (Å²) in [7, 11) is -8.50. The van der Waals surface area contributed by atoms with E-state index in [0.717, 1.165) is 0 Å². The van der Waals surface area contributed by atoms with Crippen molar-refractivity contribution in [3.8, 4) is 0 Å². The smallest absolute Gasteiger partial charge is 0.331 e. The highest BCUT2D eigenvalue weighted by Gasteiger charge is 2.08. The zero-order valence-electron chi connectivity index (χ0n) is 9.96. The number of carbonyl (C=O) groups is 2. The Kier molecular flexibility index (Phi) is 7.34. The Morgan fingerprint density at radius 3 is 1.35 bits per heavy atom. The van der Waals surface area contributed by atoms with Crippen molar-refractivity contribution in [2.45, 2.75) is 0 Å². The number of rotatable bonds is 8. The van der Waals surface area contributed by atoms with E-state index in [1.807, 2.05) is 0 Å². The van der Waals surface area contributed by atoms with Crippen LogP contribution in [-0.4, -0.2) is 62.6 Å². The van der Waals surface area contributed by atoms with Crippen LogP contribution in [0.2, 0.25) is 0 Å². The van der Waals surface area contributed by atoms with Gasteiger partial charge in [-0.25, -0.2) is 9.59 Å². The van der Waals surface area contributed by atoms with Gasteiger partial charge in [0.25, 0.3) is 20.2 Å². The first kappa shape index (κ1) is 18.5. The summed E-state index contributed by atoms with van der Waals surface area (Å²) in [6.07, 6.45) is 1.25. The van der Waals surface area contributed by atoms with Gasteiger partial charge in [-0.3, -0.25) is 9.11 Å². The molecule has 0 bridgehead atoms. The zero-order chi connectivity index (χ0) is 15.8. The molecule has 0 heterocycles. The summed E-state index contributed by atoms with van der Waals surface area (Å²) in [4.78, 5) is 21.9. The lowest BCUT2D eigenvalue weighted by Gasteiger charge is -2.00. The van der Waals surface area contributed by atoms with Gasteiger partial charge in [-0.1, -0.05) is 0 Å². The fraction of sp³-hybridized carbons (Fsp3) is 0.500. The highest BCUT2D eigenvalue weighted by molar-refractivity contribution is 7.86. The van der Waals surface area contributed by atoms with Gasteiger partial charge in [-0.05, 0) is 0 Å². The van der Waals surface area contributed by atoms with E-state index in [2.05, 4.69) is 9.47 Å². The lowest BCUT2D eigenvalue weighted by molar-refractivity contribution is -0.139. The molecular weight excluding hydrogens is 320 g/mol.